The lowest BCUT2D eigenvalue weighted by Crippen LogP contribution is -2.50. The van der Waals surface area contributed by atoms with E-state index in [1.807, 2.05) is 0 Å². The third-order valence-electron chi connectivity index (χ3n) is 2.86. The van der Waals surface area contributed by atoms with Crippen LogP contribution in [0.15, 0.2) is 0 Å². The SMILES string of the molecule is CCC1CN(CCCOCC(F)(F)F)CCN1. The highest BCUT2D eigenvalue weighted by molar-refractivity contribution is 4.77. The predicted octanol–water partition coefficient (Wildman–Crippen LogP) is 1.64. The highest BCUT2D eigenvalue weighted by Crippen LogP contribution is 2.14. The lowest BCUT2D eigenvalue weighted by Gasteiger charge is -2.33. The van der Waals surface area contributed by atoms with Gasteiger partial charge in [0.1, 0.15) is 6.61 Å². The van der Waals surface area contributed by atoms with Crippen LogP contribution < -0.4 is 5.32 Å². The monoisotopic (exact) mass is 254 g/mol. The zero-order valence-corrected chi connectivity index (χ0v) is 10.2. The highest BCUT2D eigenvalue weighted by atomic mass is 19.4. The highest BCUT2D eigenvalue weighted by Gasteiger charge is 2.27. The topological polar surface area (TPSA) is 24.5 Å². The molecule has 3 nitrogen and oxygen atoms in total. The first kappa shape index (κ1) is 14.7. The molecule has 0 aromatic carbocycles. The fraction of sp³-hybridized carbons (Fsp3) is 1.00. The van der Waals surface area contributed by atoms with Crippen molar-refractivity contribution in [2.75, 3.05) is 39.4 Å². The second-order valence-corrected chi connectivity index (χ2v) is 4.38. The molecule has 0 spiro atoms. The first-order valence-electron chi connectivity index (χ1n) is 6.11. The van der Waals surface area contributed by atoms with Gasteiger partial charge in [0.05, 0.1) is 0 Å². The van der Waals surface area contributed by atoms with Crippen LogP contribution in [0.1, 0.15) is 19.8 Å². The number of hydrogen-bond acceptors (Lipinski definition) is 3. The van der Waals surface area contributed by atoms with Gasteiger partial charge in [0.25, 0.3) is 0 Å². The van der Waals surface area contributed by atoms with Gasteiger partial charge in [-0.3, -0.25) is 0 Å². The van der Waals surface area contributed by atoms with Crippen molar-refractivity contribution in [1.82, 2.24) is 10.2 Å². The van der Waals surface area contributed by atoms with Crippen molar-refractivity contribution in [1.29, 1.82) is 0 Å². The molecule has 102 valence electrons. The summed E-state index contributed by atoms with van der Waals surface area (Å²) in [5, 5.41) is 3.40. The van der Waals surface area contributed by atoms with Gasteiger partial charge < -0.3 is 15.0 Å². The van der Waals surface area contributed by atoms with Gasteiger partial charge in [0, 0.05) is 38.8 Å². The van der Waals surface area contributed by atoms with E-state index in [1.54, 1.807) is 0 Å². The molecule has 1 fully saturated rings. The quantitative estimate of drug-likeness (QED) is 0.729. The molecule has 1 rings (SSSR count). The van der Waals surface area contributed by atoms with E-state index >= 15 is 0 Å². The van der Waals surface area contributed by atoms with Gasteiger partial charge in [-0.1, -0.05) is 6.92 Å². The molecule has 0 radical (unpaired) electrons. The first-order chi connectivity index (χ1) is 8.01. The number of hydrogen-bond donors (Lipinski definition) is 1. The van der Waals surface area contributed by atoms with Gasteiger partial charge in [-0.05, 0) is 12.8 Å². The normalized spacial score (nSPS) is 22.9. The summed E-state index contributed by atoms with van der Waals surface area (Å²) in [5.74, 6) is 0. The lowest BCUT2D eigenvalue weighted by atomic mass is 10.1. The van der Waals surface area contributed by atoms with E-state index in [-0.39, 0.29) is 6.61 Å². The molecule has 0 aliphatic carbocycles. The average molecular weight is 254 g/mol. The van der Waals surface area contributed by atoms with Crippen LogP contribution in [-0.4, -0.2) is 56.5 Å². The fourth-order valence-electron chi connectivity index (χ4n) is 1.95. The summed E-state index contributed by atoms with van der Waals surface area (Å²) < 4.78 is 39.9. The van der Waals surface area contributed by atoms with Crippen LogP contribution in [0.25, 0.3) is 0 Å². The van der Waals surface area contributed by atoms with E-state index in [1.165, 1.54) is 0 Å². The van der Waals surface area contributed by atoms with E-state index in [9.17, 15) is 13.2 Å². The Hall–Kier alpha value is -0.330. The number of alkyl halides is 3. The van der Waals surface area contributed by atoms with Crippen LogP contribution in [0.5, 0.6) is 0 Å². The minimum atomic E-state index is -4.21. The average Bonchev–Trinajstić information content (AvgIpc) is 2.27. The Morgan fingerprint density at radius 2 is 2.18 bits per heavy atom. The minimum Gasteiger partial charge on any atom is -0.372 e. The number of nitrogens with one attached hydrogen (secondary N) is 1. The molecule has 0 aromatic heterocycles. The Balaban J connectivity index is 2.02. The van der Waals surface area contributed by atoms with E-state index in [2.05, 4.69) is 21.9 Å². The number of halogens is 3. The molecular weight excluding hydrogens is 233 g/mol. The van der Waals surface area contributed by atoms with E-state index < -0.39 is 12.8 Å². The Kier molecular flexibility index (Phi) is 6.22. The molecular formula is C11H21F3N2O. The van der Waals surface area contributed by atoms with Crippen LogP contribution >= 0.6 is 0 Å². The molecule has 17 heavy (non-hydrogen) atoms. The van der Waals surface area contributed by atoms with Gasteiger partial charge in [-0.25, -0.2) is 0 Å². The van der Waals surface area contributed by atoms with E-state index in [0.29, 0.717) is 12.5 Å². The standard InChI is InChI=1S/C11H21F3N2O/c1-2-10-8-16(6-4-15-10)5-3-7-17-9-11(12,13)14/h10,15H,2-9H2,1H3. The predicted molar refractivity (Wildman–Crippen MR) is 60.0 cm³/mol. The van der Waals surface area contributed by atoms with Gasteiger partial charge in [-0.2, -0.15) is 13.2 Å². The largest absolute Gasteiger partial charge is 0.411 e. The van der Waals surface area contributed by atoms with Gasteiger partial charge in [0.2, 0.25) is 0 Å². The van der Waals surface area contributed by atoms with Crippen LogP contribution in [0.4, 0.5) is 13.2 Å². The van der Waals surface area contributed by atoms with E-state index in [0.717, 1.165) is 32.6 Å². The van der Waals surface area contributed by atoms with Gasteiger partial charge in [-0.15, -0.1) is 0 Å². The van der Waals surface area contributed by atoms with Crippen molar-refractivity contribution in [2.45, 2.75) is 32.0 Å². The molecule has 1 aliphatic heterocycles. The number of nitrogens with zero attached hydrogens (tertiary/aromatic N) is 1. The second kappa shape index (κ2) is 7.18. The summed E-state index contributed by atoms with van der Waals surface area (Å²) in [4.78, 5) is 2.28. The first-order valence-corrected chi connectivity index (χ1v) is 6.11. The summed E-state index contributed by atoms with van der Waals surface area (Å²) in [6, 6.07) is 0.514. The molecule has 1 N–H and O–H groups in total. The summed E-state index contributed by atoms with van der Waals surface area (Å²) >= 11 is 0. The molecule has 1 aliphatic rings. The van der Waals surface area contributed by atoms with Gasteiger partial charge >= 0.3 is 6.18 Å². The van der Waals surface area contributed by atoms with Crippen LogP contribution in [-0.2, 0) is 4.74 Å². The van der Waals surface area contributed by atoms with Crippen LogP contribution in [0.3, 0.4) is 0 Å². The summed E-state index contributed by atoms with van der Waals surface area (Å²) in [6.45, 7) is 4.91. The molecule has 0 saturated carbocycles. The van der Waals surface area contributed by atoms with Crippen molar-refractivity contribution in [3.8, 4) is 0 Å². The van der Waals surface area contributed by atoms with Crippen LogP contribution in [0.2, 0.25) is 0 Å². The minimum absolute atomic E-state index is 0.181. The molecule has 1 saturated heterocycles. The van der Waals surface area contributed by atoms with E-state index in [4.69, 9.17) is 0 Å². The maximum atomic E-state index is 11.8. The van der Waals surface area contributed by atoms with Crippen molar-refractivity contribution >= 4 is 0 Å². The molecule has 0 aromatic rings. The molecule has 0 amide bonds. The molecule has 1 heterocycles. The summed E-state index contributed by atoms with van der Waals surface area (Å²) in [5.41, 5.74) is 0. The lowest BCUT2D eigenvalue weighted by molar-refractivity contribution is -0.174. The smallest absolute Gasteiger partial charge is 0.372 e. The number of ether oxygens (including phenoxy) is 1. The van der Waals surface area contributed by atoms with Crippen molar-refractivity contribution < 1.29 is 17.9 Å². The molecule has 0 bridgehead atoms. The Morgan fingerprint density at radius 1 is 1.41 bits per heavy atom. The zero-order valence-electron chi connectivity index (χ0n) is 10.2. The van der Waals surface area contributed by atoms with Crippen molar-refractivity contribution in [2.24, 2.45) is 0 Å². The van der Waals surface area contributed by atoms with Crippen molar-refractivity contribution in [3.63, 3.8) is 0 Å². The molecule has 1 atom stereocenters. The third kappa shape index (κ3) is 6.85. The molecule has 6 heteroatoms. The van der Waals surface area contributed by atoms with Crippen LogP contribution in [0, 0.1) is 0 Å². The zero-order chi connectivity index (χ0) is 12.7. The maximum absolute atomic E-state index is 11.8. The maximum Gasteiger partial charge on any atom is 0.411 e. The summed E-state index contributed by atoms with van der Waals surface area (Å²) in [7, 11) is 0. The Bertz CT molecular complexity index is 211. The summed E-state index contributed by atoms with van der Waals surface area (Å²) in [6.07, 6.45) is -2.46. The Labute approximate surface area is 100 Å². The fourth-order valence-corrected chi connectivity index (χ4v) is 1.95. The van der Waals surface area contributed by atoms with Gasteiger partial charge in [0.15, 0.2) is 0 Å². The number of piperazine rings is 1. The van der Waals surface area contributed by atoms with Crippen molar-refractivity contribution in [3.05, 3.63) is 0 Å². The molecule has 1 unspecified atom stereocenters. The second-order valence-electron chi connectivity index (χ2n) is 4.38. The number of rotatable bonds is 6. The Morgan fingerprint density at radius 3 is 2.82 bits per heavy atom. The third-order valence-corrected chi connectivity index (χ3v) is 2.86.